The Hall–Kier alpha value is -3.65. The molecule has 162 valence electrons. The summed E-state index contributed by atoms with van der Waals surface area (Å²) in [6.45, 7) is 1.75. The highest BCUT2D eigenvalue weighted by Crippen LogP contribution is 2.25. The minimum absolute atomic E-state index is 0.120. The topological polar surface area (TPSA) is 77.2 Å². The molecule has 0 radical (unpaired) electrons. The lowest BCUT2D eigenvalue weighted by molar-refractivity contribution is -0.113. The number of nitrogens with zero attached hydrogens (tertiary/aromatic N) is 2. The summed E-state index contributed by atoms with van der Waals surface area (Å²) < 4.78 is 24.2. The van der Waals surface area contributed by atoms with Crippen LogP contribution in [0.3, 0.4) is 0 Å². The third-order valence-electron chi connectivity index (χ3n) is 4.50. The lowest BCUT2D eigenvalue weighted by atomic mass is 10.1. The summed E-state index contributed by atoms with van der Waals surface area (Å²) in [5, 5.41) is 11.0. The summed E-state index contributed by atoms with van der Waals surface area (Å²) in [6.07, 6.45) is -0.515. The highest BCUT2D eigenvalue weighted by Gasteiger charge is 2.17. The smallest absolute Gasteiger partial charge is 0.277 e. The van der Waals surface area contributed by atoms with E-state index in [4.69, 9.17) is 9.15 Å². The zero-order valence-electron chi connectivity index (χ0n) is 17.2. The largest absolute Gasteiger partial charge is 0.481 e. The SMILES string of the molecule is CC(Oc1ccc(F)cc1)c1nnc(SCC(=O)Nc2ccc(-c3ccccc3)cc2)o1. The van der Waals surface area contributed by atoms with Crippen molar-refractivity contribution in [2.24, 2.45) is 0 Å². The van der Waals surface area contributed by atoms with Crippen LogP contribution in [0.2, 0.25) is 0 Å². The fourth-order valence-electron chi connectivity index (χ4n) is 2.91. The minimum Gasteiger partial charge on any atom is -0.481 e. The lowest BCUT2D eigenvalue weighted by Crippen LogP contribution is -2.13. The number of thioether (sulfide) groups is 1. The van der Waals surface area contributed by atoms with Crippen molar-refractivity contribution in [1.29, 1.82) is 0 Å². The molecular weight excluding hydrogens is 429 g/mol. The molecule has 1 unspecified atom stereocenters. The number of rotatable bonds is 8. The molecular formula is C24H20FN3O3S. The Morgan fingerprint density at radius 3 is 2.41 bits per heavy atom. The molecule has 3 aromatic carbocycles. The number of carbonyl (C=O) groups is 1. The number of hydrogen-bond acceptors (Lipinski definition) is 6. The maximum absolute atomic E-state index is 13.0. The van der Waals surface area contributed by atoms with Crippen LogP contribution in [0, 0.1) is 5.82 Å². The van der Waals surface area contributed by atoms with E-state index in [-0.39, 0.29) is 28.6 Å². The van der Waals surface area contributed by atoms with E-state index in [2.05, 4.69) is 15.5 Å². The summed E-state index contributed by atoms with van der Waals surface area (Å²) >= 11 is 1.14. The molecule has 4 rings (SSSR count). The number of anilines is 1. The lowest BCUT2D eigenvalue weighted by Gasteiger charge is -2.10. The van der Waals surface area contributed by atoms with E-state index in [1.165, 1.54) is 24.3 Å². The number of carbonyl (C=O) groups excluding carboxylic acids is 1. The van der Waals surface area contributed by atoms with Gasteiger partial charge in [0.05, 0.1) is 5.75 Å². The van der Waals surface area contributed by atoms with E-state index >= 15 is 0 Å². The van der Waals surface area contributed by atoms with Gasteiger partial charge in [-0.25, -0.2) is 4.39 Å². The Morgan fingerprint density at radius 2 is 1.69 bits per heavy atom. The van der Waals surface area contributed by atoms with Gasteiger partial charge in [0.1, 0.15) is 11.6 Å². The van der Waals surface area contributed by atoms with E-state index in [0.29, 0.717) is 11.4 Å². The van der Waals surface area contributed by atoms with Crippen molar-refractivity contribution in [1.82, 2.24) is 10.2 Å². The highest BCUT2D eigenvalue weighted by atomic mass is 32.2. The standard InChI is InChI=1S/C24H20FN3O3S/c1-16(30-21-13-9-19(25)10-14-21)23-27-28-24(31-23)32-15-22(29)26-20-11-7-18(8-12-20)17-5-3-2-4-6-17/h2-14,16H,15H2,1H3,(H,26,29). The molecule has 0 aliphatic carbocycles. The quantitative estimate of drug-likeness (QED) is 0.345. The average molecular weight is 450 g/mol. The van der Waals surface area contributed by atoms with Crippen molar-refractivity contribution in [3.05, 3.63) is 90.6 Å². The fraction of sp³-hybridized carbons (Fsp3) is 0.125. The molecule has 1 amide bonds. The van der Waals surface area contributed by atoms with Gasteiger partial charge < -0.3 is 14.5 Å². The molecule has 8 heteroatoms. The van der Waals surface area contributed by atoms with Gasteiger partial charge in [0, 0.05) is 5.69 Å². The molecule has 0 fully saturated rings. The molecule has 32 heavy (non-hydrogen) atoms. The Labute approximate surface area is 188 Å². The van der Waals surface area contributed by atoms with Crippen LogP contribution in [-0.2, 0) is 4.79 Å². The van der Waals surface area contributed by atoms with Crippen molar-refractivity contribution in [3.8, 4) is 16.9 Å². The van der Waals surface area contributed by atoms with Gasteiger partial charge in [0.15, 0.2) is 6.10 Å². The molecule has 6 nitrogen and oxygen atoms in total. The molecule has 0 aliphatic rings. The van der Waals surface area contributed by atoms with Gasteiger partial charge in [-0.1, -0.05) is 54.2 Å². The number of hydrogen-bond donors (Lipinski definition) is 1. The Morgan fingerprint density at radius 1 is 1.00 bits per heavy atom. The zero-order chi connectivity index (χ0) is 22.3. The van der Waals surface area contributed by atoms with Gasteiger partial charge in [-0.2, -0.15) is 0 Å². The summed E-state index contributed by atoms with van der Waals surface area (Å²) in [5.74, 6) is 0.359. The first-order chi connectivity index (χ1) is 15.6. The summed E-state index contributed by atoms with van der Waals surface area (Å²) in [4.78, 5) is 12.3. The van der Waals surface area contributed by atoms with E-state index in [1.807, 2.05) is 54.6 Å². The molecule has 0 saturated carbocycles. The maximum atomic E-state index is 13.0. The predicted octanol–water partition coefficient (Wildman–Crippen LogP) is 5.75. The maximum Gasteiger partial charge on any atom is 0.277 e. The van der Waals surface area contributed by atoms with Gasteiger partial charge in [0.25, 0.3) is 11.1 Å². The Bertz CT molecular complexity index is 1170. The predicted molar refractivity (Wildman–Crippen MR) is 121 cm³/mol. The van der Waals surface area contributed by atoms with E-state index < -0.39 is 6.10 Å². The second kappa shape index (κ2) is 10.1. The second-order valence-corrected chi connectivity index (χ2v) is 7.83. The van der Waals surface area contributed by atoms with E-state index in [0.717, 1.165) is 22.9 Å². The molecule has 0 spiro atoms. The third kappa shape index (κ3) is 5.73. The van der Waals surface area contributed by atoms with Crippen molar-refractivity contribution in [2.45, 2.75) is 18.3 Å². The summed E-state index contributed by atoms with van der Waals surface area (Å²) in [7, 11) is 0. The Kier molecular flexibility index (Phi) is 6.81. The van der Waals surface area contributed by atoms with Gasteiger partial charge in [-0.15, -0.1) is 10.2 Å². The first-order valence-electron chi connectivity index (χ1n) is 9.90. The van der Waals surface area contributed by atoms with Crippen LogP contribution in [0.25, 0.3) is 11.1 Å². The molecule has 0 bridgehead atoms. The first-order valence-corrected chi connectivity index (χ1v) is 10.9. The van der Waals surface area contributed by atoms with Crippen LogP contribution in [0.15, 0.2) is 88.5 Å². The zero-order valence-corrected chi connectivity index (χ0v) is 18.0. The van der Waals surface area contributed by atoms with E-state index in [9.17, 15) is 9.18 Å². The number of halogens is 1. The van der Waals surface area contributed by atoms with Crippen LogP contribution in [0.5, 0.6) is 5.75 Å². The molecule has 1 aromatic heterocycles. The van der Waals surface area contributed by atoms with Gasteiger partial charge in [-0.3, -0.25) is 4.79 Å². The van der Waals surface area contributed by atoms with Crippen molar-refractivity contribution in [2.75, 3.05) is 11.1 Å². The molecule has 1 N–H and O–H groups in total. The fourth-order valence-corrected chi connectivity index (χ4v) is 3.48. The van der Waals surface area contributed by atoms with Crippen molar-refractivity contribution in [3.63, 3.8) is 0 Å². The number of ether oxygens (including phenoxy) is 1. The molecule has 1 atom stereocenters. The average Bonchev–Trinajstić information content (AvgIpc) is 3.30. The van der Waals surface area contributed by atoms with Crippen LogP contribution in [0.1, 0.15) is 18.9 Å². The minimum atomic E-state index is -0.515. The van der Waals surface area contributed by atoms with Crippen LogP contribution in [0.4, 0.5) is 10.1 Å². The number of amides is 1. The van der Waals surface area contributed by atoms with Crippen molar-refractivity contribution < 1.29 is 18.3 Å². The number of benzene rings is 3. The monoisotopic (exact) mass is 449 g/mol. The van der Waals surface area contributed by atoms with Crippen LogP contribution < -0.4 is 10.1 Å². The third-order valence-corrected chi connectivity index (χ3v) is 5.32. The second-order valence-electron chi connectivity index (χ2n) is 6.90. The van der Waals surface area contributed by atoms with Crippen molar-refractivity contribution >= 4 is 23.4 Å². The molecule has 0 saturated heterocycles. The van der Waals surface area contributed by atoms with Gasteiger partial charge in [-0.05, 0) is 54.4 Å². The van der Waals surface area contributed by atoms with Gasteiger partial charge in [0.2, 0.25) is 5.91 Å². The summed E-state index contributed by atoms with van der Waals surface area (Å²) in [5.41, 5.74) is 2.90. The van der Waals surface area contributed by atoms with Crippen LogP contribution in [-0.4, -0.2) is 21.9 Å². The first kappa shape index (κ1) is 21.6. The Balaban J connectivity index is 1.27. The number of aromatic nitrogens is 2. The van der Waals surface area contributed by atoms with Gasteiger partial charge >= 0.3 is 0 Å². The highest BCUT2D eigenvalue weighted by molar-refractivity contribution is 7.99. The van der Waals surface area contributed by atoms with Crippen LogP contribution >= 0.6 is 11.8 Å². The normalized spacial score (nSPS) is 11.7. The summed E-state index contributed by atoms with van der Waals surface area (Å²) in [6, 6.07) is 23.3. The van der Waals surface area contributed by atoms with E-state index in [1.54, 1.807) is 6.92 Å². The molecule has 4 aromatic rings. The molecule has 0 aliphatic heterocycles. The molecule has 1 heterocycles. The number of nitrogens with one attached hydrogen (secondary N) is 1.